The maximum Gasteiger partial charge on any atom is 0.338 e. The van der Waals surface area contributed by atoms with Crippen LogP contribution in [0.5, 0.6) is 17.2 Å². The average Bonchev–Trinajstić information content (AvgIpc) is 2.60. The lowest BCUT2D eigenvalue weighted by molar-refractivity contribution is 0.0526. The molecule has 2 aromatic rings. The van der Waals surface area contributed by atoms with Gasteiger partial charge in [-0.3, -0.25) is 4.98 Å². The Hall–Kier alpha value is -2.76. The smallest absolute Gasteiger partial charge is 0.338 e. The highest BCUT2D eigenvalue weighted by Crippen LogP contribution is 2.40. The van der Waals surface area contributed by atoms with E-state index in [1.807, 2.05) is 0 Å². The van der Waals surface area contributed by atoms with Crippen molar-refractivity contribution in [1.29, 1.82) is 0 Å². The number of pyridine rings is 1. The Morgan fingerprint density at radius 2 is 1.70 bits per heavy atom. The van der Waals surface area contributed by atoms with Crippen LogP contribution >= 0.6 is 0 Å². The van der Waals surface area contributed by atoms with Crippen molar-refractivity contribution in [2.45, 2.75) is 6.92 Å². The fraction of sp³-hybridized carbons (Fsp3) is 0.294. The van der Waals surface area contributed by atoms with E-state index in [2.05, 4.69) is 4.98 Å². The molecule has 1 heterocycles. The Morgan fingerprint density at radius 1 is 1.04 bits per heavy atom. The molecular formula is C17H19NO5. The summed E-state index contributed by atoms with van der Waals surface area (Å²) in [5.41, 5.74) is 1.78. The fourth-order valence-corrected chi connectivity index (χ4v) is 2.16. The summed E-state index contributed by atoms with van der Waals surface area (Å²) < 4.78 is 21.0. The standard InChI is InChI=1S/C17H19NO5/c1-5-23-17(19)11-6-7-18-13(8-11)12-9-14(20-2)16(22-4)15(10-12)21-3/h6-10H,5H2,1-4H3. The first kappa shape index (κ1) is 16.6. The number of ether oxygens (including phenoxy) is 4. The van der Waals surface area contributed by atoms with Crippen LogP contribution in [0.25, 0.3) is 11.3 Å². The molecule has 122 valence electrons. The second-order valence-electron chi connectivity index (χ2n) is 4.56. The zero-order valence-corrected chi connectivity index (χ0v) is 13.6. The summed E-state index contributed by atoms with van der Waals surface area (Å²) in [6, 6.07) is 6.83. The lowest BCUT2D eigenvalue weighted by Crippen LogP contribution is -2.05. The quantitative estimate of drug-likeness (QED) is 0.763. The Balaban J connectivity index is 2.50. The zero-order valence-electron chi connectivity index (χ0n) is 13.6. The largest absolute Gasteiger partial charge is 0.493 e. The third-order valence-corrected chi connectivity index (χ3v) is 3.23. The number of nitrogens with zero attached hydrogens (tertiary/aromatic N) is 1. The highest BCUT2D eigenvalue weighted by Gasteiger charge is 2.16. The van der Waals surface area contributed by atoms with Crippen LogP contribution in [-0.4, -0.2) is 38.9 Å². The van der Waals surface area contributed by atoms with Crippen LogP contribution in [-0.2, 0) is 4.74 Å². The van der Waals surface area contributed by atoms with E-state index in [0.29, 0.717) is 35.1 Å². The van der Waals surface area contributed by atoms with E-state index in [9.17, 15) is 4.79 Å². The molecule has 0 amide bonds. The van der Waals surface area contributed by atoms with Gasteiger partial charge in [0.25, 0.3) is 0 Å². The summed E-state index contributed by atoms with van der Waals surface area (Å²) >= 11 is 0. The second kappa shape index (κ2) is 7.49. The van der Waals surface area contributed by atoms with Gasteiger partial charge in [0.1, 0.15) is 0 Å². The number of hydrogen-bond donors (Lipinski definition) is 0. The number of benzene rings is 1. The van der Waals surface area contributed by atoms with Gasteiger partial charge in [0, 0.05) is 11.8 Å². The van der Waals surface area contributed by atoms with E-state index in [4.69, 9.17) is 18.9 Å². The monoisotopic (exact) mass is 317 g/mol. The van der Waals surface area contributed by atoms with Gasteiger partial charge < -0.3 is 18.9 Å². The maximum absolute atomic E-state index is 11.9. The highest BCUT2D eigenvalue weighted by atomic mass is 16.5. The average molecular weight is 317 g/mol. The van der Waals surface area contributed by atoms with Crippen molar-refractivity contribution < 1.29 is 23.7 Å². The van der Waals surface area contributed by atoms with Crippen LogP contribution in [0.4, 0.5) is 0 Å². The summed E-state index contributed by atoms with van der Waals surface area (Å²) in [5, 5.41) is 0. The molecule has 0 fully saturated rings. The van der Waals surface area contributed by atoms with Crippen LogP contribution in [0, 0.1) is 0 Å². The molecule has 6 nitrogen and oxygen atoms in total. The van der Waals surface area contributed by atoms with E-state index < -0.39 is 0 Å². The first-order valence-electron chi connectivity index (χ1n) is 7.08. The van der Waals surface area contributed by atoms with Crippen molar-refractivity contribution in [1.82, 2.24) is 4.98 Å². The van der Waals surface area contributed by atoms with Crippen LogP contribution in [0.3, 0.4) is 0 Å². The Kier molecular flexibility index (Phi) is 5.41. The Morgan fingerprint density at radius 3 is 2.22 bits per heavy atom. The van der Waals surface area contributed by atoms with Gasteiger partial charge in [0.2, 0.25) is 5.75 Å². The summed E-state index contributed by atoms with van der Waals surface area (Å²) in [6.45, 7) is 2.08. The van der Waals surface area contributed by atoms with Crippen LogP contribution in [0.1, 0.15) is 17.3 Å². The first-order valence-corrected chi connectivity index (χ1v) is 7.08. The molecule has 0 aliphatic heterocycles. The molecule has 0 radical (unpaired) electrons. The van der Waals surface area contributed by atoms with Crippen molar-refractivity contribution in [2.24, 2.45) is 0 Å². The summed E-state index contributed by atoms with van der Waals surface area (Å²) in [4.78, 5) is 16.2. The van der Waals surface area contributed by atoms with Gasteiger partial charge in [0.15, 0.2) is 11.5 Å². The van der Waals surface area contributed by atoms with Crippen molar-refractivity contribution >= 4 is 5.97 Å². The minimum absolute atomic E-state index is 0.320. The number of aromatic nitrogens is 1. The normalized spacial score (nSPS) is 10.1. The Bertz CT molecular complexity index is 674. The molecule has 0 bridgehead atoms. The van der Waals surface area contributed by atoms with Gasteiger partial charge in [-0.25, -0.2) is 4.79 Å². The van der Waals surface area contributed by atoms with E-state index in [1.54, 1.807) is 58.7 Å². The van der Waals surface area contributed by atoms with Gasteiger partial charge >= 0.3 is 5.97 Å². The van der Waals surface area contributed by atoms with Gasteiger partial charge in [-0.1, -0.05) is 0 Å². The lowest BCUT2D eigenvalue weighted by atomic mass is 10.1. The number of carbonyl (C=O) groups is 1. The van der Waals surface area contributed by atoms with Crippen molar-refractivity contribution in [3.8, 4) is 28.5 Å². The summed E-state index contributed by atoms with van der Waals surface area (Å²) in [7, 11) is 4.63. The molecule has 0 saturated heterocycles. The van der Waals surface area contributed by atoms with Crippen LogP contribution < -0.4 is 14.2 Å². The minimum atomic E-state index is -0.386. The molecule has 0 saturated carbocycles. The topological polar surface area (TPSA) is 66.9 Å². The molecule has 1 aromatic heterocycles. The predicted octanol–water partition coefficient (Wildman–Crippen LogP) is 2.95. The molecule has 0 unspecified atom stereocenters. The van der Waals surface area contributed by atoms with Gasteiger partial charge in [-0.15, -0.1) is 0 Å². The third kappa shape index (κ3) is 3.53. The highest BCUT2D eigenvalue weighted by molar-refractivity contribution is 5.90. The fourth-order valence-electron chi connectivity index (χ4n) is 2.16. The zero-order chi connectivity index (χ0) is 16.8. The van der Waals surface area contributed by atoms with E-state index in [1.165, 1.54) is 0 Å². The maximum atomic E-state index is 11.9. The number of carbonyl (C=O) groups excluding carboxylic acids is 1. The molecule has 0 spiro atoms. The molecule has 2 rings (SSSR count). The summed E-state index contributed by atoms with van der Waals surface area (Å²) in [6.07, 6.45) is 1.56. The van der Waals surface area contributed by atoms with Crippen molar-refractivity contribution in [2.75, 3.05) is 27.9 Å². The molecule has 6 heteroatoms. The number of rotatable bonds is 6. The second-order valence-corrected chi connectivity index (χ2v) is 4.56. The molecule has 23 heavy (non-hydrogen) atoms. The predicted molar refractivity (Wildman–Crippen MR) is 85.3 cm³/mol. The van der Waals surface area contributed by atoms with E-state index in [0.717, 1.165) is 5.56 Å². The minimum Gasteiger partial charge on any atom is -0.493 e. The summed E-state index contributed by atoms with van der Waals surface area (Å²) in [5.74, 6) is 1.15. The van der Waals surface area contributed by atoms with Crippen LogP contribution in [0.2, 0.25) is 0 Å². The number of esters is 1. The molecule has 0 N–H and O–H groups in total. The Labute approximate surface area is 135 Å². The molecule has 0 aliphatic carbocycles. The molecule has 0 atom stereocenters. The van der Waals surface area contributed by atoms with E-state index in [-0.39, 0.29) is 5.97 Å². The SMILES string of the molecule is CCOC(=O)c1ccnc(-c2cc(OC)c(OC)c(OC)c2)c1. The van der Waals surface area contributed by atoms with Crippen molar-refractivity contribution in [3.05, 3.63) is 36.0 Å². The van der Waals surface area contributed by atoms with Crippen molar-refractivity contribution in [3.63, 3.8) is 0 Å². The number of hydrogen-bond acceptors (Lipinski definition) is 6. The lowest BCUT2D eigenvalue weighted by Gasteiger charge is -2.14. The molecule has 1 aromatic carbocycles. The molecule has 0 aliphatic rings. The molecular weight excluding hydrogens is 298 g/mol. The van der Waals surface area contributed by atoms with Gasteiger partial charge in [-0.05, 0) is 31.2 Å². The first-order chi connectivity index (χ1) is 11.1. The van der Waals surface area contributed by atoms with Crippen LogP contribution in [0.15, 0.2) is 30.5 Å². The van der Waals surface area contributed by atoms with E-state index >= 15 is 0 Å². The van der Waals surface area contributed by atoms with Gasteiger partial charge in [-0.2, -0.15) is 0 Å². The third-order valence-electron chi connectivity index (χ3n) is 3.23. The number of methoxy groups -OCH3 is 3. The van der Waals surface area contributed by atoms with Gasteiger partial charge in [0.05, 0.1) is 39.2 Å².